The molecular formula is C14H29N3O. The van der Waals surface area contributed by atoms with Gasteiger partial charge in [0.2, 0.25) is 5.91 Å². The van der Waals surface area contributed by atoms with Gasteiger partial charge in [0.05, 0.1) is 0 Å². The number of carbonyl (C=O) groups is 1. The van der Waals surface area contributed by atoms with Crippen LogP contribution in [0.1, 0.15) is 40.0 Å². The third-order valence-electron chi connectivity index (χ3n) is 3.96. The van der Waals surface area contributed by atoms with Crippen molar-refractivity contribution in [3.8, 4) is 0 Å². The molecule has 0 spiro atoms. The van der Waals surface area contributed by atoms with Gasteiger partial charge in [-0.05, 0) is 32.4 Å². The fraction of sp³-hybridized carbons (Fsp3) is 0.929. The van der Waals surface area contributed by atoms with Gasteiger partial charge in [-0.2, -0.15) is 0 Å². The summed E-state index contributed by atoms with van der Waals surface area (Å²) in [4.78, 5) is 16.8. The third-order valence-corrected chi connectivity index (χ3v) is 3.96. The van der Waals surface area contributed by atoms with Crippen molar-refractivity contribution in [2.24, 2.45) is 11.7 Å². The van der Waals surface area contributed by atoms with Crippen LogP contribution in [0.2, 0.25) is 0 Å². The molecule has 0 bridgehead atoms. The van der Waals surface area contributed by atoms with Crippen LogP contribution in [0.4, 0.5) is 0 Å². The van der Waals surface area contributed by atoms with Crippen molar-refractivity contribution in [2.75, 3.05) is 26.7 Å². The van der Waals surface area contributed by atoms with Crippen LogP contribution in [0, 0.1) is 5.92 Å². The molecule has 0 saturated carbocycles. The lowest BCUT2D eigenvalue weighted by molar-refractivity contribution is -0.134. The number of nitrogens with zero attached hydrogens (tertiary/aromatic N) is 2. The maximum absolute atomic E-state index is 12.4. The average Bonchev–Trinajstić information content (AvgIpc) is 2.50. The fourth-order valence-corrected chi connectivity index (χ4v) is 2.48. The van der Waals surface area contributed by atoms with Crippen LogP contribution < -0.4 is 5.73 Å². The van der Waals surface area contributed by atoms with Crippen molar-refractivity contribution < 1.29 is 4.79 Å². The van der Waals surface area contributed by atoms with Crippen LogP contribution in [0.5, 0.6) is 0 Å². The smallest absolute Gasteiger partial charge is 0.224 e. The van der Waals surface area contributed by atoms with Crippen LogP contribution >= 0.6 is 0 Å². The second-order valence-corrected chi connectivity index (χ2v) is 5.88. The third kappa shape index (κ3) is 4.25. The Bertz CT molecular complexity index is 268. The van der Waals surface area contributed by atoms with Crippen LogP contribution in [0.15, 0.2) is 0 Å². The van der Waals surface area contributed by atoms with Gasteiger partial charge in [-0.3, -0.25) is 4.79 Å². The van der Waals surface area contributed by atoms with E-state index in [1.807, 2.05) is 0 Å². The van der Waals surface area contributed by atoms with Crippen molar-refractivity contribution in [3.63, 3.8) is 0 Å². The lowest BCUT2D eigenvalue weighted by Crippen LogP contribution is -2.45. The zero-order valence-electron chi connectivity index (χ0n) is 12.4. The molecular weight excluding hydrogens is 226 g/mol. The number of likely N-dealkylation sites (N-methyl/N-ethyl adjacent to an activating group) is 1. The SMILES string of the molecule is CCC1CN(C)CCCN1C(=O)CC(N)C(C)C. The van der Waals surface area contributed by atoms with Crippen molar-refractivity contribution in [3.05, 3.63) is 0 Å². The number of rotatable bonds is 4. The predicted octanol–water partition coefficient (Wildman–Crippen LogP) is 1.30. The Morgan fingerprint density at radius 1 is 1.39 bits per heavy atom. The highest BCUT2D eigenvalue weighted by Gasteiger charge is 2.27. The highest BCUT2D eigenvalue weighted by Crippen LogP contribution is 2.15. The molecule has 4 heteroatoms. The maximum atomic E-state index is 12.4. The van der Waals surface area contributed by atoms with E-state index in [-0.39, 0.29) is 11.9 Å². The quantitative estimate of drug-likeness (QED) is 0.824. The summed E-state index contributed by atoms with van der Waals surface area (Å²) in [5.41, 5.74) is 6.02. The standard InChI is InChI=1S/C14H29N3O/c1-5-12-10-16(4)7-6-8-17(12)14(18)9-13(15)11(2)3/h11-13H,5-10,15H2,1-4H3. The number of hydrogen-bond donors (Lipinski definition) is 1. The number of hydrogen-bond acceptors (Lipinski definition) is 3. The van der Waals surface area contributed by atoms with Gasteiger partial charge in [0.15, 0.2) is 0 Å². The highest BCUT2D eigenvalue weighted by atomic mass is 16.2. The largest absolute Gasteiger partial charge is 0.338 e. The molecule has 2 unspecified atom stereocenters. The normalized spacial score (nSPS) is 24.1. The molecule has 4 nitrogen and oxygen atoms in total. The summed E-state index contributed by atoms with van der Waals surface area (Å²) < 4.78 is 0. The van der Waals surface area contributed by atoms with E-state index in [0.29, 0.717) is 18.4 Å². The van der Waals surface area contributed by atoms with E-state index in [1.165, 1.54) is 0 Å². The zero-order chi connectivity index (χ0) is 13.7. The lowest BCUT2D eigenvalue weighted by atomic mass is 10.0. The van der Waals surface area contributed by atoms with Gasteiger partial charge in [0.25, 0.3) is 0 Å². The van der Waals surface area contributed by atoms with Crippen molar-refractivity contribution >= 4 is 5.91 Å². The topological polar surface area (TPSA) is 49.6 Å². The van der Waals surface area contributed by atoms with E-state index in [1.54, 1.807) is 0 Å². The Morgan fingerprint density at radius 2 is 2.06 bits per heavy atom. The lowest BCUT2D eigenvalue weighted by Gasteiger charge is -2.31. The maximum Gasteiger partial charge on any atom is 0.224 e. The number of nitrogens with two attached hydrogens (primary N) is 1. The molecule has 2 atom stereocenters. The molecule has 18 heavy (non-hydrogen) atoms. The van der Waals surface area contributed by atoms with Crippen LogP contribution in [-0.2, 0) is 4.79 Å². The molecule has 0 aromatic rings. The Kier molecular flexibility index (Phi) is 6.09. The monoisotopic (exact) mass is 255 g/mol. The summed E-state index contributed by atoms with van der Waals surface area (Å²) in [5.74, 6) is 0.599. The second kappa shape index (κ2) is 7.10. The first-order chi connectivity index (χ1) is 8.45. The highest BCUT2D eigenvalue weighted by molar-refractivity contribution is 5.77. The number of amides is 1. The van der Waals surface area contributed by atoms with E-state index in [0.717, 1.165) is 32.5 Å². The molecule has 106 valence electrons. The molecule has 2 N–H and O–H groups in total. The minimum Gasteiger partial charge on any atom is -0.338 e. The first kappa shape index (κ1) is 15.4. The molecule has 0 aromatic carbocycles. The summed E-state index contributed by atoms with van der Waals surface area (Å²) in [6, 6.07) is 0.334. The molecule has 0 aliphatic carbocycles. The summed E-state index contributed by atoms with van der Waals surface area (Å²) in [6.07, 6.45) is 2.57. The molecule has 0 aromatic heterocycles. The van der Waals surface area contributed by atoms with Gasteiger partial charge in [-0.15, -0.1) is 0 Å². The van der Waals surface area contributed by atoms with E-state index in [2.05, 4.69) is 37.6 Å². The minimum atomic E-state index is -0.0176. The van der Waals surface area contributed by atoms with Crippen molar-refractivity contribution in [1.82, 2.24) is 9.80 Å². The predicted molar refractivity (Wildman–Crippen MR) is 75.3 cm³/mol. The van der Waals surface area contributed by atoms with Crippen LogP contribution in [-0.4, -0.2) is 54.5 Å². The molecule has 1 saturated heterocycles. The first-order valence-electron chi connectivity index (χ1n) is 7.19. The van der Waals surface area contributed by atoms with E-state index in [9.17, 15) is 4.79 Å². The molecule has 1 aliphatic rings. The summed E-state index contributed by atoms with van der Waals surface area (Å²) in [5, 5.41) is 0. The molecule has 1 heterocycles. The van der Waals surface area contributed by atoms with Gasteiger partial charge in [0, 0.05) is 31.6 Å². The van der Waals surface area contributed by atoms with Gasteiger partial charge < -0.3 is 15.5 Å². The van der Waals surface area contributed by atoms with Gasteiger partial charge >= 0.3 is 0 Å². The fourth-order valence-electron chi connectivity index (χ4n) is 2.48. The van der Waals surface area contributed by atoms with Crippen molar-refractivity contribution in [1.29, 1.82) is 0 Å². The van der Waals surface area contributed by atoms with Gasteiger partial charge in [-0.25, -0.2) is 0 Å². The zero-order valence-corrected chi connectivity index (χ0v) is 12.4. The van der Waals surface area contributed by atoms with Gasteiger partial charge in [-0.1, -0.05) is 20.8 Å². The Hall–Kier alpha value is -0.610. The van der Waals surface area contributed by atoms with E-state index in [4.69, 9.17) is 5.73 Å². The number of carbonyl (C=O) groups excluding carboxylic acids is 1. The summed E-state index contributed by atoms with van der Waals surface area (Å²) >= 11 is 0. The Morgan fingerprint density at radius 3 is 2.61 bits per heavy atom. The van der Waals surface area contributed by atoms with E-state index >= 15 is 0 Å². The van der Waals surface area contributed by atoms with Crippen molar-refractivity contribution in [2.45, 2.75) is 52.1 Å². The summed E-state index contributed by atoms with van der Waals surface area (Å²) in [7, 11) is 2.14. The Labute approximate surface area is 111 Å². The molecule has 1 aliphatic heterocycles. The second-order valence-electron chi connectivity index (χ2n) is 5.88. The first-order valence-corrected chi connectivity index (χ1v) is 7.19. The van der Waals surface area contributed by atoms with Crippen LogP contribution in [0.3, 0.4) is 0 Å². The Balaban J connectivity index is 2.63. The van der Waals surface area contributed by atoms with Gasteiger partial charge in [0.1, 0.15) is 0 Å². The molecule has 1 rings (SSSR count). The summed E-state index contributed by atoms with van der Waals surface area (Å²) in [6.45, 7) is 9.26. The van der Waals surface area contributed by atoms with Crippen LogP contribution in [0.25, 0.3) is 0 Å². The molecule has 0 radical (unpaired) electrons. The molecule has 1 amide bonds. The average molecular weight is 255 g/mol. The van der Waals surface area contributed by atoms with E-state index < -0.39 is 0 Å². The molecule has 1 fully saturated rings. The minimum absolute atomic E-state index is 0.0176.